The first-order chi connectivity index (χ1) is 13.8. The maximum absolute atomic E-state index is 11.5. The summed E-state index contributed by atoms with van der Waals surface area (Å²) in [7, 11) is 3.14. The van der Waals surface area contributed by atoms with Gasteiger partial charge in [-0.3, -0.25) is 14.4 Å². The van der Waals surface area contributed by atoms with Gasteiger partial charge in [0.05, 0.1) is 7.11 Å². The average Bonchev–Trinajstić information content (AvgIpc) is 3.62. The molecule has 6 nitrogen and oxygen atoms in total. The van der Waals surface area contributed by atoms with Crippen molar-refractivity contribution in [3.8, 4) is 0 Å². The molecule has 29 heavy (non-hydrogen) atoms. The monoisotopic (exact) mass is 589 g/mol. The lowest BCUT2D eigenvalue weighted by molar-refractivity contribution is -0.170. The van der Waals surface area contributed by atoms with Gasteiger partial charge < -0.3 is 0 Å². The molecule has 0 N–H and O–H groups in total. The molecule has 2 heterocycles. The van der Waals surface area contributed by atoms with Crippen molar-refractivity contribution in [3.05, 3.63) is 55.9 Å². The second-order valence-corrected chi connectivity index (χ2v) is 9.14. The summed E-state index contributed by atoms with van der Waals surface area (Å²) in [4.78, 5) is 35.1. The van der Waals surface area contributed by atoms with Crippen LogP contribution < -0.4 is 0 Å². The molecule has 0 unspecified atom stereocenters. The van der Waals surface area contributed by atoms with E-state index in [2.05, 4.69) is 57.8 Å². The molecule has 2 aliphatic rings. The number of hydrogen-bond acceptors (Lipinski definition) is 5. The summed E-state index contributed by atoms with van der Waals surface area (Å²) in [6.07, 6.45) is 7.54. The Labute approximate surface area is 195 Å². The number of halogens is 3. The van der Waals surface area contributed by atoms with Crippen molar-refractivity contribution < 1.29 is 14.4 Å². The maximum Gasteiger partial charge on any atom is 0.248 e. The van der Waals surface area contributed by atoms with E-state index in [1.54, 1.807) is 25.5 Å². The molecule has 156 valence electrons. The SMILES string of the molecule is Brc1ccc(Br)nc1.CON(C)C(=O)C1CC1.O=C(c1ccc(Br)nc1)C1CC1. The molecule has 0 atom stereocenters. The molecule has 0 bridgehead atoms. The van der Waals surface area contributed by atoms with Crippen LogP contribution in [-0.2, 0) is 9.63 Å². The third kappa shape index (κ3) is 9.02. The Bertz CT molecular complexity index is 787. The van der Waals surface area contributed by atoms with Gasteiger partial charge in [0.25, 0.3) is 0 Å². The first-order valence-electron chi connectivity index (χ1n) is 9.06. The number of carbonyl (C=O) groups excluding carboxylic acids is 2. The van der Waals surface area contributed by atoms with Crippen LogP contribution >= 0.6 is 47.8 Å². The summed E-state index contributed by atoms with van der Waals surface area (Å²) >= 11 is 9.70. The minimum Gasteiger partial charge on any atom is -0.294 e. The number of hydroxylamine groups is 2. The summed E-state index contributed by atoms with van der Waals surface area (Å²) in [6.45, 7) is 0. The van der Waals surface area contributed by atoms with Crippen molar-refractivity contribution >= 4 is 59.5 Å². The molecular weight excluding hydrogens is 570 g/mol. The van der Waals surface area contributed by atoms with Gasteiger partial charge in [0.2, 0.25) is 5.91 Å². The van der Waals surface area contributed by atoms with Gasteiger partial charge in [0.1, 0.15) is 9.21 Å². The fourth-order valence-corrected chi connectivity index (χ4v) is 2.84. The number of aromatic nitrogens is 2. The van der Waals surface area contributed by atoms with E-state index >= 15 is 0 Å². The molecule has 2 aromatic heterocycles. The van der Waals surface area contributed by atoms with Crippen molar-refractivity contribution in [2.45, 2.75) is 25.7 Å². The lowest BCUT2D eigenvalue weighted by Crippen LogP contribution is -2.26. The summed E-state index contributed by atoms with van der Waals surface area (Å²) in [5, 5.41) is 1.29. The highest BCUT2D eigenvalue weighted by Gasteiger charge is 2.32. The number of ketones is 1. The molecule has 0 saturated heterocycles. The van der Waals surface area contributed by atoms with Crippen molar-refractivity contribution in [1.82, 2.24) is 15.0 Å². The third-order valence-corrected chi connectivity index (χ3v) is 5.57. The summed E-state index contributed by atoms with van der Waals surface area (Å²) < 4.78 is 2.64. The fraction of sp³-hybridized carbons (Fsp3) is 0.400. The normalized spacial score (nSPS) is 14.7. The molecule has 0 radical (unpaired) electrons. The first kappa shape index (κ1) is 24.1. The van der Waals surface area contributed by atoms with E-state index in [9.17, 15) is 9.59 Å². The van der Waals surface area contributed by atoms with Crippen molar-refractivity contribution in [3.63, 3.8) is 0 Å². The van der Waals surface area contributed by atoms with Gasteiger partial charge in [-0.05, 0) is 97.7 Å². The Morgan fingerprint density at radius 3 is 1.86 bits per heavy atom. The van der Waals surface area contributed by atoms with Gasteiger partial charge in [-0.1, -0.05) is 0 Å². The zero-order valence-corrected chi connectivity index (χ0v) is 20.9. The van der Waals surface area contributed by atoms with Crippen LogP contribution in [0, 0.1) is 11.8 Å². The Kier molecular flexibility index (Phi) is 9.88. The van der Waals surface area contributed by atoms with Crippen LogP contribution in [0.2, 0.25) is 0 Å². The highest BCUT2D eigenvalue weighted by Crippen LogP contribution is 2.32. The molecule has 9 heteroatoms. The number of pyridine rings is 2. The zero-order chi connectivity index (χ0) is 21.4. The summed E-state index contributed by atoms with van der Waals surface area (Å²) in [5.74, 6) is 0.899. The van der Waals surface area contributed by atoms with Crippen LogP contribution in [0.4, 0.5) is 0 Å². The van der Waals surface area contributed by atoms with Crippen LogP contribution in [0.5, 0.6) is 0 Å². The molecule has 0 aliphatic heterocycles. The lowest BCUT2D eigenvalue weighted by atomic mass is 10.1. The zero-order valence-electron chi connectivity index (χ0n) is 16.1. The van der Waals surface area contributed by atoms with E-state index in [1.165, 1.54) is 12.2 Å². The van der Waals surface area contributed by atoms with E-state index < -0.39 is 0 Å². The van der Waals surface area contributed by atoms with Gasteiger partial charge in [0.15, 0.2) is 5.78 Å². The van der Waals surface area contributed by atoms with Gasteiger partial charge in [-0.25, -0.2) is 15.0 Å². The van der Waals surface area contributed by atoms with Gasteiger partial charge in [-0.2, -0.15) is 0 Å². The second-order valence-electron chi connectivity index (χ2n) is 6.60. The maximum atomic E-state index is 11.5. The number of Topliss-reactive ketones (excluding diaryl/α,β-unsaturated/α-hetero) is 1. The topological polar surface area (TPSA) is 72.4 Å². The summed E-state index contributed by atoms with van der Waals surface area (Å²) in [6, 6.07) is 7.43. The standard InChI is InChI=1S/C9H8BrNO.C6H11NO2.C5H3Br2N/c10-8-4-3-7(5-11-8)9(12)6-1-2-6;1-7(9-2)6(8)5-3-4-5;6-4-1-2-5(7)8-3-4/h3-6H,1-2H2;5H,3-4H2,1-2H3;1-3H. The van der Waals surface area contributed by atoms with Crippen LogP contribution in [0.25, 0.3) is 0 Å². The number of nitrogens with zero attached hydrogens (tertiary/aromatic N) is 3. The van der Waals surface area contributed by atoms with E-state index in [4.69, 9.17) is 4.84 Å². The van der Waals surface area contributed by atoms with Crippen LogP contribution in [-0.4, -0.2) is 40.9 Å². The Morgan fingerprint density at radius 1 is 0.931 bits per heavy atom. The Hall–Kier alpha value is -1.16. The lowest BCUT2D eigenvalue weighted by Gasteiger charge is -2.11. The molecule has 1 amide bonds. The van der Waals surface area contributed by atoms with E-state index in [0.717, 1.165) is 44.9 Å². The molecule has 2 aromatic rings. The van der Waals surface area contributed by atoms with Gasteiger partial charge >= 0.3 is 0 Å². The summed E-state index contributed by atoms with van der Waals surface area (Å²) in [5.41, 5.74) is 0.737. The van der Waals surface area contributed by atoms with E-state index in [1.807, 2.05) is 18.2 Å². The third-order valence-electron chi connectivity index (χ3n) is 4.16. The smallest absolute Gasteiger partial charge is 0.248 e. The minimum absolute atomic E-state index is 0.109. The number of hydrogen-bond donors (Lipinski definition) is 0. The van der Waals surface area contributed by atoms with Crippen LogP contribution in [0.1, 0.15) is 36.0 Å². The Balaban J connectivity index is 0.000000160. The highest BCUT2D eigenvalue weighted by atomic mass is 79.9. The number of amides is 1. The molecule has 4 rings (SSSR count). The average molecular weight is 592 g/mol. The highest BCUT2D eigenvalue weighted by molar-refractivity contribution is 9.11. The van der Waals surface area contributed by atoms with Crippen LogP contribution in [0.3, 0.4) is 0 Å². The number of carbonyl (C=O) groups is 2. The van der Waals surface area contributed by atoms with Crippen LogP contribution in [0.15, 0.2) is 50.3 Å². The number of rotatable bonds is 4. The largest absolute Gasteiger partial charge is 0.294 e. The molecule has 2 aliphatic carbocycles. The van der Waals surface area contributed by atoms with Gasteiger partial charge in [0, 0.05) is 41.3 Å². The fourth-order valence-electron chi connectivity index (χ4n) is 2.14. The second kappa shape index (κ2) is 11.9. The van der Waals surface area contributed by atoms with Crippen molar-refractivity contribution in [1.29, 1.82) is 0 Å². The molecule has 2 fully saturated rings. The van der Waals surface area contributed by atoms with E-state index in [-0.39, 0.29) is 23.5 Å². The van der Waals surface area contributed by atoms with E-state index in [0.29, 0.717) is 0 Å². The van der Waals surface area contributed by atoms with Gasteiger partial charge in [-0.15, -0.1) is 0 Å². The molecule has 0 spiro atoms. The minimum atomic E-state index is 0.109. The quantitative estimate of drug-likeness (QED) is 0.268. The predicted octanol–water partition coefficient (Wildman–Crippen LogP) is 5.46. The first-order valence-corrected chi connectivity index (χ1v) is 11.4. The van der Waals surface area contributed by atoms with Crippen molar-refractivity contribution in [2.24, 2.45) is 11.8 Å². The Morgan fingerprint density at radius 2 is 1.48 bits per heavy atom. The molecular formula is C20H22Br3N3O3. The van der Waals surface area contributed by atoms with Crippen molar-refractivity contribution in [2.75, 3.05) is 14.2 Å². The molecule has 2 saturated carbocycles. The predicted molar refractivity (Wildman–Crippen MR) is 121 cm³/mol. The molecule has 0 aromatic carbocycles.